The van der Waals surface area contributed by atoms with E-state index < -0.39 is 20.9 Å². The molecule has 0 saturated heterocycles. The maximum atomic E-state index is 12.1. The number of halogens is 6. The number of hydrogen-bond donors (Lipinski definition) is 1. The van der Waals surface area contributed by atoms with Gasteiger partial charge in [0.2, 0.25) is 0 Å². The van der Waals surface area contributed by atoms with Gasteiger partial charge in [-0.2, -0.15) is 0 Å². The minimum atomic E-state index is -9.65. The summed E-state index contributed by atoms with van der Waals surface area (Å²) >= 11 is 1.53. The van der Waals surface area contributed by atoms with Crippen molar-refractivity contribution in [3.63, 3.8) is 0 Å². The molecule has 0 unspecified atom stereocenters. The Balaban J connectivity index is 3.45. The molecule has 8 heteroatoms. The van der Waals surface area contributed by atoms with Gasteiger partial charge in [-0.3, -0.25) is 0 Å². The van der Waals surface area contributed by atoms with Crippen LogP contribution >= 0.6 is 32.8 Å². The van der Waals surface area contributed by atoms with E-state index in [9.17, 15) is 19.4 Å². The van der Waals surface area contributed by atoms with Crippen molar-refractivity contribution in [1.29, 1.82) is 0 Å². The highest BCUT2D eigenvalue weighted by molar-refractivity contribution is 14.1. The van der Waals surface area contributed by atoms with E-state index in [1.807, 2.05) is 0 Å². The van der Waals surface area contributed by atoms with E-state index in [-0.39, 0.29) is 15.7 Å². The average molecular weight is 346 g/mol. The number of rotatable bonds is 1. The second-order valence-electron chi connectivity index (χ2n) is 2.58. The van der Waals surface area contributed by atoms with E-state index in [1.54, 1.807) is 0 Å². The third-order valence-electron chi connectivity index (χ3n) is 1.36. The van der Waals surface area contributed by atoms with Crippen LogP contribution in [0.25, 0.3) is 0 Å². The molecule has 0 radical (unpaired) electrons. The fourth-order valence-corrected chi connectivity index (χ4v) is 1.73. The summed E-state index contributed by atoms with van der Waals surface area (Å²) in [6, 6.07) is 1.06. The highest BCUT2D eigenvalue weighted by Crippen LogP contribution is 3.02. The van der Waals surface area contributed by atoms with Crippen LogP contribution < -0.4 is 0 Å². The number of phenols is 1. The molecule has 0 aliphatic heterocycles. The smallest absolute Gasteiger partial charge is 0.310 e. The van der Waals surface area contributed by atoms with Gasteiger partial charge in [-0.1, -0.05) is 19.4 Å². The Labute approximate surface area is 89.8 Å². The number of aromatic hydroxyl groups is 1. The van der Waals surface area contributed by atoms with Gasteiger partial charge in [0, 0.05) is 6.07 Å². The summed E-state index contributed by atoms with van der Waals surface area (Å²) < 4.78 is 60.8. The molecule has 1 rings (SSSR count). The Morgan fingerprint density at radius 3 is 1.93 bits per heavy atom. The Morgan fingerprint density at radius 2 is 1.57 bits per heavy atom. The van der Waals surface area contributed by atoms with Gasteiger partial charge >= 0.3 is 10.2 Å². The van der Waals surface area contributed by atoms with E-state index in [1.165, 1.54) is 22.6 Å². The van der Waals surface area contributed by atoms with Gasteiger partial charge in [0.1, 0.15) is 10.6 Å². The monoisotopic (exact) mass is 346 g/mol. The van der Waals surface area contributed by atoms with Crippen LogP contribution in [0.3, 0.4) is 0 Å². The van der Waals surface area contributed by atoms with Gasteiger partial charge in [0.05, 0.1) is 3.57 Å². The quantitative estimate of drug-likeness (QED) is 0.580. The van der Waals surface area contributed by atoms with E-state index in [4.69, 9.17) is 5.11 Å². The Hall–Kier alpha value is -0.250. The summed E-state index contributed by atoms with van der Waals surface area (Å²) in [4.78, 5) is -2.08. The maximum Gasteiger partial charge on any atom is 0.310 e. The van der Waals surface area contributed by atoms with Crippen molar-refractivity contribution in [3.05, 3.63) is 21.8 Å². The molecule has 1 aromatic rings. The van der Waals surface area contributed by atoms with Gasteiger partial charge in [0.15, 0.2) is 0 Å². The maximum absolute atomic E-state index is 12.1. The van der Waals surface area contributed by atoms with Crippen molar-refractivity contribution in [2.75, 3.05) is 0 Å². The molecule has 0 atom stereocenters. The van der Waals surface area contributed by atoms with Crippen molar-refractivity contribution >= 4 is 32.8 Å². The minimum Gasteiger partial charge on any atom is -0.507 e. The molecule has 0 spiro atoms. The van der Waals surface area contributed by atoms with Crippen LogP contribution in [0, 0.1) is 3.57 Å². The first-order valence-corrected chi connectivity index (χ1v) is 6.16. The SMILES string of the molecule is Oc1cc(S(F)(F)(F)(F)F)ccc1I. The molecular formula is C6H4F5IOS. The summed E-state index contributed by atoms with van der Waals surface area (Å²) in [5.41, 5.74) is 0. The zero-order valence-electron chi connectivity index (χ0n) is 6.36. The second kappa shape index (κ2) is 2.46. The van der Waals surface area contributed by atoms with Crippen LogP contribution in [0.5, 0.6) is 5.75 Å². The first-order valence-electron chi connectivity index (χ1n) is 3.13. The predicted octanol–water partition coefficient (Wildman–Crippen LogP) is 4.65. The molecule has 82 valence electrons. The molecule has 0 fully saturated rings. The summed E-state index contributed by atoms with van der Waals surface area (Å²) in [6.45, 7) is 0. The largest absolute Gasteiger partial charge is 0.507 e. The molecule has 0 saturated carbocycles. The predicted molar refractivity (Wildman–Crippen MR) is 52.2 cm³/mol. The lowest BCUT2D eigenvalue weighted by molar-refractivity contribution is 0.362. The van der Waals surface area contributed by atoms with E-state index >= 15 is 0 Å². The fraction of sp³-hybridized carbons (Fsp3) is 0. The van der Waals surface area contributed by atoms with Crippen molar-refractivity contribution in [2.45, 2.75) is 4.90 Å². The molecular weight excluding hydrogens is 342 g/mol. The Morgan fingerprint density at radius 1 is 1.07 bits per heavy atom. The molecule has 0 aliphatic carbocycles. The van der Waals surface area contributed by atoms with Crippen molar-refractivity contribution in [1.82, 2.24) is 0 Å². The summed E-state index contributed by atoms with van der Waals surface area (Å²) in [5.74, 6) is -0.809. The van der Waals surface area contributed by atoms with Crippen molar-refractivity contribution in [3.8, 4) is 5.75 Å². The van der Waals surface area contributed by atoms with Crippen LogP contribution in [-0.4, -0.2) is 5.11 Å². The number of benzene rings is 1. The Kier molecular flexibility index (Phi) is 2.08. The van der Waals surface area contributed by atoms with Gasteiger partial charge in [-0.05, 0) is 34.7 Å². The van der Waals surface area contributed by atoms with Gasteiger partial charge in [-0.25, -0.2) is 0 Å². The number of hydrogen-bond acceptors (Lipinski definition) is 1. The molecule has 0 aliphatic rings. The van der Waals surface area contributed by atoms with Gasteiger partial charge in [-0.15, -0.1) is 0 Å². The summed E-state index contributed by atoms with van der Waals surface area (Å²) in [7, 11) is -9.65. The van der Waals surface area contributed by atoms with E-state index in [0.29, 0.717) is 0 Å². The van der Waals surface area contributed by atoms with Crippen LogP contribution in [0.1, 0.15) is 0 Å². The third kappa shape index (κ3) is 2.62. The summed E-state index contributed by atoms with van der Waals surface area (Å²) in [5, 5.41) is 8.87. The topological polar surface area (TPSA) is 20.2 Å². The van der Waals surface area contributed by atoms with Crippen LogP contribution in [0.2, 0.25) is 0 Å². The highest BCUT2D eigenvalue weighted by Gasteiger charge is 2.65. The molecule has 0 heterocycles. The molecule has 0 amide bonds. The van der Waals surface area contributed by atoms with E-state index in [0.717, 1.165) is 6.07 Å². The Bertz CT molecular complexity index is 386. The lowest BCUT2D eigenvalue weighted by Crippen LogP contribution is -2.05. The average Bonchev–Trinajstić information content (AvgIpc) is 1.89. The van der Waals surface area contributed by atoms with Crippen LogP contribution in [0.4, 0.5) is 19.4 Å². The van der Waals surface area contributed by atoms with Gasteiger partial charge < -0.3 is 5.11 Å². The normalized spacial score (nSPS) is 17.3. The minimum absolute atomic E-state index is 0.0311. The summed E-state index contributed by atoms with van der Waals surface area (Å²) in [6.07, 6.45) is 0. The van der Waals surface area contributed by atoms with Gasteiger partial charge in [0.25, 0.3) is 0 Å². The molecule has 1 N–H and O–H groups in total. The third-order valence-corrected chi connectivity index (χ3v) is 3.42. The second-order valence-corrected chi connectivity index (χ2v) is 6.15. The number of phenolic OH excluding ortho intramolecular Hbond substituents is 1. The molecule has 1 aromatic carbocycles. The lowest BCUT2D eigenvalue weighted by atomic mass is 10.3. The van der Waals surface area contributed by atoms with Crippen LogP contribution in [-0.2, 0) is 0 Å². The molecule has 0 bridgehead atoms. The fourth-order valence-electron chi connectivity index (χ4n) is 0.732. The van der Waals surface area contributed by atoms with E-state index in [2.05, 4.69) is 0 Å². The zero-order valence-corrected chi connectivity index (χ0v) is 9.33. The highest BCUT2D eigenvalue weighted by atomic mass is 127. The standard InChI is InChI=1S/C6H4F5IOS/c7-14(8,9,10,11)4-1-2-5(12)6(13)3-4/h1-3,13H. The molecule has 0 aromatic heterocycles. The lowest BCUT2D eigenvalue weighted by Gasteiger charge is -2.40. The molecule has 14 heavy (non-hydrogen) atoms. The zero-order chi connectivity index (χ0) is 11.3. The first-order chi connectivity index (χ1) is 5.90. The first kappa shape index (κ1) is 11.8. The molecule has 1 nitrogen and oxygen atoms in total. The van der Waals surface area contributed by atoms with Crippen molar-refractivity contribution < 1.29 is 24.5 Å². The van der Waals surface area contributed by atoms with Crippen molar-refractivity contribution in [2.24, 2.45) is 0 Å². The van der Waals surface area contributed by atoms with Crippen LogP contribution in [0.15, 0.2) is 23.1 Å².